The quantitative estimate of drug-likeness (QED) is 0.289. The fourth-order valence-electron chi connectivity index (χ4n) is 3.16. The minimum atomic E-state index is -0.142. The summed E-state index contributed by atoms with van der Waals surface area (Å²) in [6.07, 6.45) is 4.38. The van der Waals surface area contributed by atoms with Gasteiger partial charge in [0.1, 0.15) is 0 Å². The molecule has 0 aromatic heterocycles. The van der Waals surface area contributed by atoms with Gasteiger partial charge in [0.05, 0.1) is 27.0 Å². The van der Waals surface area contributed by atoms with Gasteiger partial charge in [-0.2, -0.15) is 0 Å². The minimum Gasteiger partial charge on any atom is -0.335 e. The molecule has 2 amide bonds. The van der Waals surface area contributed by atoms with Crippen LogP contribution in [0.4, 0.5) is 17.1 Å². The molecule has 0 aliphatic carbocycles. The number of thioether (sulfide) groups is 2. The first-order valence-electron chi connectivity index (χ1n) is 9.20. The average molecular weight is 455 g/mol. The molecule has 0 radical (unpaired) electrons. The number of carbonyl (C=O) groups is 2. The van der Waals surface area contributed by atoms with Crippen molar-refractivity contribution in [3.05, 3.63) is 70.6 Å². The van der Waals surface area contributed by atoms with Crippen LogP contribution in [0.25, 0.3) is 0 Å². The molecule has 2 N–H and O–H groups in total. The maximum Gasteiger partial charge on any atom is 0.270 e. The van der Waals surface area contributed by atoms with Crippen molar-refractivity contribution in [1.29, 1.82) is 0 Å². The van der Waals surface area contributed by atoms with Gasteiger partial charge < -0.3 is 4.90 Å². The van der Waals surface area contributed by atoms with Gasteiger partial charge in [0, 0.05) is 11.4 Å². The molecule has 0 unspecified atom stereocenters. The van der Waals surface area contributed by atoms with Crippen LogP contribution in [0.1, 0.15) is 6.92 Å². The van der Waals surface area contributed by atoms with Gasteiger partial charge in [-0.05, 0) is 55.5 Å². The van der Waals surface area contributed by atoms with Gasteiger partial charge in [-0.1, -0.05) is 47.9 Å². The summed E-state index contributed by atoms with van der Waals surface area (Å²) >= 11 is 8.44. The summed E-state index contributed by atoms with van der Waals surface area (Å²) in [4.78, 5) is 28.9. The summed E-state index contributed by atoms with van der Waals surface area (Å²) in [6.45, 7) is 2.96. The molecule has 2 aromatic rings. The van der Waals surface area contributed by atoms with Gasteiger partial charge in [-0.25, -0.2) is 0 Å². The zero-order valence-corrected chi connectivity index (χ0v) is 18.4. The normalized spacial score (nSPS) is 18.3. The Hall–Kier alpha value is -2.75. The zero-order valence-electron chi connectivity index (χ0n) is 16.0. The fourth-order valence-corrected chi connectivity index (χ4v) is 5.53. The highest BCUT2D eigenvalue weighted by molar-refractivity contribution is 8.27. The summed E-state index contributed by atoms with van der Waals surface area (Å²) in [7, 11) is 0. The van der Waals surface area contributed by atoms with E-state index in [2.05, 4.69) is 34.8 Å². The first-order valence-corrected chi connectivity index (χ1v) is 11.2. The molecule has 2 aliphatic heterocycles. The van der Waals surface area contributed by atoms with E-state index in [0.29, 0.717) is 27.0 Å². The molecule has 2 aliphatic rings. The lowest BCUT2D eigenvalue weighted by atomic mass is 10.2. The molecular formula is C21H18N4O2S3. The smallest absolute Gasteiger partial charge is 0.270 e. The number of thiocarbonyl (C=S) groups is 1. The standard InChI is InChI=1S/C21H18N4O2S3/c1-2-24-16-5-3-4-6-17(16)29-19(24)12-11-18-20(27)25(21(28)30-18)15-9-7-14(8-10-15)23-22-13-26/h3-13,23H,2H2,1H3,(H,22,26)/b18-11+,19-12+. The third-order valence-corrected chi connectivity index (χ3v) is 6.98. The number of para-hydroxylation sites is 1. The molecule has 2 aromatic carbocycles. The van der Waals surface area contributed by atoms with Crippen LogP contribution < -0.4 is 20.7 Å². The second kappa shape index (κ2) is 8.95. The average Bonchev–Trinajstić information content (AvgIpc) is 3.27. The topological polar surface area (TPSA) is 64.7 Å². The Balaban J connectivity index is 1.53. The van der Waals surface area contributed by atoms with Crippen molar-refractivity contribution in [2.24, 2.45) is 0 Å². The summed E-state index contributed by atoms with van der Waals surface area (Å²) in [6, 6.07) is 15.4. The number of hydrazine groups is 1. The van der Waals surface area contributed by atoms with Crippen molar-refractivity contribution in [3.8, 4) is 0 Å². The second-order valence-electron chi connectivity index (χ2n) is 6.29. The molecule has 9 heteroatoms. The third kappa shape index (κ3) is 3.96. The van der Waals surface area contributed by atoms with E-state index >= 15 is 0 Å². The van der Waals surface area contributed by atoms with Crippen molar-refractivity contribution < 1.29 is 9.59 Å². The SMILES string of the molecule is CCN1/C(=C\C=C2\SC(=S)N(c3ccc(NNC=O)cc3)C2=O)Sc2ccccc21. The maximum atomic E-state index is 13.0. The van der Waals surface area contributed by atoms with Crippen LogP contribution in [-0.2, 0) is 9.59 Å². The number of hydrogen-bond acceptors (Lipinski definition) is 7. The van der Waals surface area contributed by atoms with Crippen LogP contribution in [-0.4, -0.2) is 23.2 Å². The lowest BCUT2D eigenvalue weighted by Gasteiger charge is -2.17. The Bertz CT molecular complexity index is 1070. The third-order valence-electron chi connectivity index (χ3n) is 4.52. The van der Waals surface area contributed by atoms with Crippen molar-refractivity contribution in [3.63, 3.8) is 0 Å². The van der Waals surface area contributed by atoms with Gasteiger partial charge in [0.2, 0.25) is 6.41 Å². The van der Waals surface area contributed by atoms with Gasteiger partial charge >= 0.3 is 0 Å². The molecule has 0 saturated carbocycles. The minimum absolute atomic E-state index is 0.142. The Morgan fingerprint density at radius 3 is 2.57 bits per heavy atom. The summed E-state index contributed by atoms with van der Waals surface area (Å²) in [5.41, 5.74) is 7.68. The van der Waals surface area contributed by atoms with E-state index in [1.165, 1.54) is 27.2 Å². The highest BCUT2D eigenvalue weighted by Gasteiger charge is 2.33. The Morgan fingerprint density at radius 1 is 1.07 bits per heavy atom. The Morgan fingerprint density at radius 2 is 1.83 bits per heavy atom. The lowest BCUT2D eigenvalue weighted by Crippen LogP contribution is -2.27. The predicted molar refractivity (Wildman–Crippen MR) is 128 cm³/mol. The van der Waals surface area contributed by atoms with Gasteiger partial charge in [0.25, 0.3) is 5.91 Å². The first-order chi connectivity index (χ1) is 14.6. The molecule has 152 valence electrons. The number of carbonyl (C=O) groups excluding carboxylic acids is 2. The first kappa shape index (κ1) is 20.5. The number of allylic oxidation sites excluding steroid dienone is 2. The number of amides is 2. The largest absolute Gasteiger partial charge is 0.335 e. The molecule has 0 atom stereocenters. The number of hydrogen-bond donors (Lipinski definition) is 2. The summed E-state index contributed by atoms with van der Waals surface area (Å²) in [5, 5.41) is 1.09. The Kier molecular flexibility index (Phi) is 6.12. The van der Waals surface area contributed by atoms with Gasteiger partial charge in [0.15, 0.2) is 4.32 Å². The number of fused-ring (bicyclic) bond motifs is 1. The maximum absolute atomic E-state index is 13.0. The lowest BCUT2D eigenvalue weighted by molar-refractivity contribution is -0.113. The van der Waals surface area contributed by atoms with Crippen LogP contribution in [0, 0.1) is 0 Å². The van der Waals surface area contributed by atoms with Crippen LogP contribution in [0.2, 0.25) is 0 Å². The molecule has 6 nitrogen and oxygen atoms in total. The number of nitrogens with zero attached hydrogens (tertiary/aromatic N) is 2. The Labute approximate surface area is 188 Å². The van der Waals surface area contributed by atoms with Crippen LogP contribution in [0.3, 0.4) is 0 Å². The van der Waals surface area contributed by atoms with E-state index in [1.54, 1.807) is 36.0 Å². The van der Waals surface area contributed by atoms with Crippen LogP contribution in [0.5, 0.6) is 0 Å². The highest BCUT2D eigenvalue weighted by atomic mass is 32.2. The number of rotatable bonds is 6. The van der Waals surface area contributed by atoms with E-state index in [9.17, 15) is 9.59 Å². The number of nitrogens with one attached hydrogen (secondary N) is 2. The molecule has 30 heavy (non-hydrogen) atoms. The van der Waals surface area contributed by atoms with E-state index in [4.69, 9.17) is 12.2 Å². The van der Waals surface area contributed by atoms with E-state index in [-0.39, 0.29) is 5.91 Å². The zero-order chi connectivity index (χ0) is 21.1. The molecular weight excluding hydrogens is 436 g/mol. The molecule has 0 bridgehead atoms. The predicted octanol–water partition coefficient (Wildman–Crippen LogP) is 4.48. The second-order valence-corrected chi connectivity index (χ2v) is 9.03. The highest BCUT2D eigenvalue weighted by Crippen LogP contribution is 2.46. The number of anilines is 3. The summed E-state index contributed by atoms with van der Waals surface area (Å²) < 4.78 is 0.492. The van der Waals surface area contributed by atoms with Gasteiger partial charge in [-0.15, -0.1) is 0 Å². The van der Waals surface area contributed by atoms with Crippen LogP contribution >= 0.6 is 35.7 Å². The molecule has 4 rings (SSSR count). The summed E-state index contributed by atoms with van der Waals surface area (Å²) in [5.74, 6) is -0.142. The monoisotopic (exact) mass is 454 g/mol. The van der Waals surface area contributed by atoms with Crippen molar-refractivity contribution in [1.82, 2.24) is 5.43 Å². The molecule has 1 saturated heterocycles. The van der Waals surface area contributed by atoms with Crippen molar-refractivity contribution in [2.75, 3.05) is 21.8 Å². The number of benzene rings is 2. The van der Waals surface area contributed by atoms with E-state index < -0.39 is 0 Å². The van der Waals surface area contributed by atoms with E-state index in [0.717, 1.165) is 11.6 Å². The van der Waals surface area contributed by atoms with Gasteiger partial charge in [-0.3, -0.25) is 25.3 Å². The molecule has 1 fully saturated rings. The molecule has 2 heterocycles. The van der Waals surface area contributed by atoms with E-state index in [1.807, 2.05) is 24.3 Å². The molecule has 0 spiro atoms. The van der Waals surface area contributed by atoms with Crippen molar-refractivity contribution >= 4 is 69.4 Å². The van der Waals surface area contributed by atoms with Crippen molar-refractivity contribution in [2.45, 2.75) is 11.8 Å². The van der Waals surface area contributed by atoms with Crippen LogP contribution in [0.15, 0.2) is 75.5 Å². The fraction of sp³-hybridized carbons (Fsp3) is 0.0952.